The molecule has 9 nitrogen and oxygen atoms in total. The van der Waals surface area contributed by atoms with Crippen LogP contribution >= 0.6 is 0 Å². The van der Waals surface area contributed by atoms with E-state index >= 15 is 0 Å². The lowest BCUT2D eigenvalue weighted by Crippen LogP contribution is -2.48. The predicted octanol–water partition coefficient (Wildman–Crippen LogP) is 1.04. The number of hydrogen-bond acceptors (Lipinski definition) is 5. The Labute approximate surface area is 192 Å². The van der Waals surface area contributed by atoms with Gasteiger partial charge in [-0.05, 0) is 36.6 Å². The maximum absolute atomic E-state index is 13.2. The molecule has 0 unspecified atom stereocenters. The Hall–Kier alpha value is -3.24. The number of rotatable bonds is 9. The quantitative estimate of drug-likeness (QED) is 0.451. The Morgan fingerprint density at radius 3 is 2.39 bits per heavy atom. The van der Waals surface area contributed by atoms with Gasteiger partial charge in [0.05, 0.1) is 15.8 Å². The summed E-state index contributed by atoms with van der Waals surface area (Å²) in [6, 6.07) is 12.0. The standard InChI is InChI=1S/C23H28N4O5S/c1-4-5-13-24-21(28)19(14-16-9-7-6-8-10-16)25-33(31,32)17-11-12-20-18(15-17)22(29)27(3)23(30)26(20)2/h6-12,15,19,25H,4-5,13-14H2,1-3H3,(H,24,28)/t19-/m0/s1. The van der Waals surface area contributed by atoms with Crippen LogP contribution in [0.5, 0.6) is 0 Å². The van der Waals surface area contributed by atoms with Crippen molar-refractivity contribution in [1.29, 1.82) is 0 Å². The number of amides is 1. The molecule has 2 N–H and O–H groups in total. The van der Waals surface area contributed by atoms with Crippen LogP contribution in [0.2, 0.25) is 0 Å². The zero-order valence-electron chi connectivity index (χ0n) is 18.9. The van der Waals surface area contributed by atoms with Crippen molar-refractivity contribution in [3.63, 3.8) is 0 Å². The molecule has 0 aliphatic heterocycles. The third-order valence-electron chi connectivity index (χ3n) is 5.47. The van der Waals surface area contributed by atoms with Crippen LogP contribution in [0.4, 0.5) is 0 Å². The molecule has 0 saturated heterocycles. The first-order valence-electron chi connectivity index (χ1n) is 10.7. The fourth-order valence-electron chi connectivity index (χ4n) is 3.55. The van der Waals surface area contributed by atoms with E-state index in [1.165, 1.54) is 36.9 Å². The number of nitrogens with zero attached hydrogens (tertiary/aromatic N) is 2. The van der Waals surface area contributed by atoms with E-state index in [0.717, 1.165) is 23.0 Å². The molecule has 0 bridgehead atoms. The molecule has 0 aliphatic rings. The SMILES string of the molecule is CCCCNC(=O)[C@H](Cc1ccccc1)NS(=O)(=O)c1ccc2c(c1)c(=O)n(C)c(=O)n2C. The normalized spacial score (nSPS) is 12.6. The molecule has 1 atom stereocenters. The maximum atomic E-state index is 13.2. The minimum absolute atomic E-state index is 0.0921. The molecule has 3 aromatic rings. The first-order valence-corrected chi connectivity index (χ1v) is 12.2. The van der Waals surface area contributed by atoms with Crippen molar-refractivity contribution >= 4 is 26.8 Å². The summed E-state index contributed by atoms with van der Waals surface area (Å²) in [7, 11) is -1.31. The van der Waals surface area contributed by atoms with Gasteiger partial charge in [0.25, 0.3) is 5.56 Å². The summed E-state index contributed by atoms with van der Waals surface area (Å²) >= 11 is 0. The van der Waals surface area contributed by atoms with E-state index in [1.54, 1.807) is 0 Å². The molecule has 0 aliphatic carbocycles. The van der Waals surface area contributed by atoms with Gasteiger partial charge in [0, 0.05) is 20.6 Å². The molecule has 33 heavy (non-hydrogen) atoms. The van der Waals surface area contributed by atoms with Crippen molar-refractivity contribution in [1.82, 2.24) is 19.2 Å². The lowest BCUT2D eigenvalue weighted by Gasteiger charge is -2.19. The summed E-state index contributed by atoms with van der Waals surface area (Å²) in [4.78, 5) is 37.3. The predicted molar refractivity (Wildman–Crippen MR) is 127 cm³/mol. The van der Waals surface area contributed by atoms with Crippen molar-refractivity contribution in [2.45, 2.75) is 37.1 Å². The molecule has 0 saturated carbocycles. The zero-order chi connectivity index (χ0) is 24.2. The lowest BCUT2D eigenvalue weighted by molar-refractivity contribution is -0.122. The molecule has 176 valence electrons. The summed E-state index contributed by atoms with van der Waals surface area (Å²) in [5.74, 6) is -0.421. The highest BCUT2D eigenvalue weighted by atomic mass is 32.2. The highest BCUT2D eigenvalue weighted by Gasteiger charge is 2.26. The number of unbranched alkanes of at least 4 members (excludes halogenated alkanes) is 1. The van der Waals surface area contributed by atoms with E-state index in [-0.39, 0.29) is 16.7 Å². The van der Waals surface area contributed by atoms with Crippen LogP contribution in [-0.2, 0) is 35.3 Å². The van der Waals surface area contributed by atoms with E-state index in [1.807, 2.05) is 37.3 Å². The number of sulfonamides is 1. The highest BCUT2D eigenvalue weighted by Crippen LogP contribution is 2.16. The number of carbonyl (C=O) groups excluding carboxylic acids is 1. The summed E-state index contributed by atoms with van der Waals surface area (Å²) in [5.41, 5.74) is 0.0228. The van der Waals surface area contributed by atoms with E-state index in [9.17, 15) is 22.8 Å². The summed E-state index contributed by atoms with van der Waals surface area (Å²) in [6.07, 6.45) is 1.84. The van der Waals surface area contributed by atoms with Gasteiger partial charge in [0.1, 0.15) is 6.04 Å². The number of aromatic nitrogens is 2. The Bertz CT molecular complexity index is 1380. The van der Waals surface area contributed by atoms with Gasteiger partial charge in [-0.25, -0.2) is 13.2 Å². The minimum atomic E-state index is -4.15. The van der Waals surface area contributed by atoms with Crippen LogP contribution in [0, 0.1) is 0 Å². The Kier molecular flexibility index (Phi) is 7.50. The molecule has 0 fully saturated rings. The first-order chi connectivity index (χ1) is 15.7. The number of benzene rings is 2. The molecule has 2 aromatic carbocycles. The first kappa shape index (κ1) is 24.4. The molecule has 10 heteroatoms. The van der Waals surface area contributed by atoms with E-state index in [0.29, 0.717) is 12.1 Å². The van der Waals surface area contributed by atoms with Crippen LogP contribution in [0.25, 0.3) is 10.9 Å². The van der Waals surface area contributed by atoms with E-state index < -0.39 is 33.2 Å². The zero-order valence-corrected chi connectivity index (χ0v) is 19.7. The second kappa shape index (κ2) is 10.1. The van der Waals surface area contributed by atoms with Crippen molar-refractivity contribution in [3.05, 3.63) is 74.9 Å². The number of carbonyl (C=O) groups is 1. The maximum Gasteiger partial charge on any atom is 0.330 e. The minimum Gasteiger partial charge on any atom is -0.355 e. The topological polar surface area (TPSA) is 119 Å². The molecule has 1 amide bonds. The van der Waals surface area contributed by atoms with Crippen LogP contribution in [0.15, 0.2) is 63.0 Å². The Morgan fingerprint density at radius 2 is 1.73 bits per heavy atom. The molecule has 1 heterocycles. The van der Waals surface area contributed by atoms with E-state index in [4.69, 9.17) is 0 Å². The number of hydrogen-bond donors (Lipinski definition) is 2. The van der Waals surface area contributed by atoms with Gasteiger partial charge in [0.15, 0.2) is 0 Å². The van der Waals surface area contributed by atoms with Gasteiger partial charge in [-0.2, -0.15) is 4.72 Å². The van der Waals surface area contributed by atoms with Crippen LogP contribution in [0.3, 0.4) is 0 Å². The van der Waals surface area contributed by atoms with Crippen molar-refractivity contribution in [3.8, 4) is 0 Å². The Morgan fingerprint density at radius 1 is 1.03 bits per heavy atom. The molecule has 0 radical (unpaired) electrons. The smallest absolute Gasteiger partial charge is 0.330 e. The number of nitrogens with one attached hydrogen (secondary N) is 2. The second-order valence-corrected chi connectivity index (χ2v) is 9.61. The molecule has 3 rings (SSSR count). The fourth-order valence-corrected chi connectivity index (χ4v) is 4.77. The van der Waals surface area contributed by atoms with Gasteiger partial charge >= 0.3 is 5.69 Å². The van der Waals surface area contributed by atoms with Crippen molar-refractivity contribution in [2.24, 2.45) is 14.1 Å². The van der Waals surface area contributed by atoms with Crippen molar-refractivity contribution < 1.29 is 13.2 Å². The summed E-state index contributed by atoms with van der Waals surface area (Å²) in [5, 5.41) is 2.87. The van der Waals surface area contributed by atoms with Gasteiger partial charge in [-0.3, -0.25) is 18.7 Å². The number of fused-ring (bicyclic) bond motifs is 1. The monoisotopic (exact) mass is 472 g/mol. The molecule has 1 aromatic heterocycles. The van der Waals surface area contributed by atoms with E-state index in [2.05, 4.69) is 10.0 Å². The van der Waals surface area contributed by atoms with Crippen LogP contribution in [-0.4, -0.2) is 36.0 Å². The van der Waals surface area contributed by atoms with Gasteiger partial charge < -0.3 is 5.32 Å². The van der Waals surface area contributed by atoms with Crippen molar-refractivity contribution in [2.75, 3.05) is 6.54 Å². The molecular formula is C23H28N4O5S. The molecular weight excluding hydrogens is 444 g/mol. The average Bonchev–Trinajstić information content (AvgIpc) is 2.81. The summed E-state index contributed by atoms with van der Waals surface area (Å²) < 4.78 is 31.1. The summed E-state index contributed by atoms with van der Waals surface area (Å²) in [6.45, 7) is 2.44. The van der Waals surface area contributed by atoms with Crippen LogP contribution in [0.1, 0.15) is 25.3 Å². The van der Waals surface area contributed by atoms with Gasteiger partial charge in [-0.15, -0.1) is 0 Å². The van der Waals surface area contributed by atoms with Crippen LogP contribution < -0.4 is 21.3 Å². The van der Waals surface area contributed by atoms with Gasteiger partial charge in [0.2, 0.25) is 15.9 Å². The third-order valence-corrected chi connectivity index (χ3v) is 6.94. The average molecular weight is 473 g/mol. The fraction of sp³-hybridized carbons (Fsp3) is 0.348. The largest absolute Gasteiger partial charge is 0.355 e. The highest BCUT2D eigenvalue weighted by molar-refractivity contribution is 7.89. The second-order valence-electron chi connectivity index (χ2n) is 7.89. The lowest BCUT2D eigenvalue weighted by atomic mass is 10.1. The Balaban J connectivity index is 1.97. The number of aryl methyl sites for hydroxylation is 1. The third kappa shape index (κ3) is 5.40. The van der Waals surface area contributed by atoms with Gasteiger partial charge in [-0.1, -0.05) is 43.7 Å². The molecule has 0 spiro atoms.